The van der Waals surface area contributed by atoms with Crippen LogP contribution in [0.1, 0.15) is 159 Å². The second kappa shape index (κ2) is 14.0. The van der Waals surface area contributed by atoms with Gasteiger partial charge in [-0.2, -0.15) is 0 Å². The molecule has 1 N–H and O–H groups in total. The molecule has 66 heavy (non-hydrogen) atoms. The molecule has 4 heteroatoms. The molecule has 0 spiro atoms. The maximum atomic E-state index is 4.07. The van der Waals surface area contributed by atoms with Gasteiger partial charge in [0.2, 0.25) is 7.28 Å². The lowest BCUT2D eigenvalue weighted by atomic mass is 9.59. The molecular weight excluding hydrogens is 816 g/mol. The van der Waals surface area contributed by atoms with Crippen LogP contribution >= 0.6 is 11.3 Å². The zero-order valence-electron chi connectivity index (χ0n) is 41.7. The first-order valence-corrected chi connectivity index (χ1v) is 26.0. The first-order valence-electron chi connectivity index (χ1n) is 25.2. The van der Waals surface area contributed by atoms with E-state index in [9.17, 15) is 0 Å². The summed E-state index contributed by atoms with van der Waals surface area (Å²) in [5, 5.41) is 4.10. The first-order chi connectivity index (χ1) is 31.3. The summed E-state index contributed by atoms with van der Waals surface area (Å²) in [6, 6.07) is 36.9. The van der Waals surface area contributed by atoms with Gasteiger partial charge in [0, 0.05) is 48.7 Å². The van der Waals surface area contributed by atoms with Crippen molar-refractivity contribution in [1.82, 2.24) is 4.98 Å². The van der Waals surface area contributed by atoms with Crippen LogP contribution in [0.4, 0.5) is 17.1 Å². The Labute approximate surface area is 398 Å². The van der Waals surface area contributed by atoms with Gasteiger partial charge < -0.3 is 9.88 Å². The van der Waals surface area contributed by atoms with Crippen LogP contribution < -0.4 is 15.1 Å². The minimum absolute atomic E-state index is 0.0816. The van der Waals surface area contributed by atoms with Crippen molar-refractivity contribution < 1.29 is 0 Å². The van der Waals surface area contributed by atoms with Crippen LogP contribution in [0.25, 0.3) is 54.1 Å². The summed E-state index contributed by atoms with van der Waals surface area (Å²) < 4.78 is 2.91. The molecule has 0 atom stereocenters. The lowest BCUT2D eigenvalue weighted by Gasteiger charge is -2.43. The standard InChI is InChI=1S/C62H67BN2S/c1-13-14-17-36-29-41-39-28-35(2)20-23-49(39)64-55(41)43(30-36)52-53-40(38-18-15-16-19-44(38)62(53,11)12)33-50-54(52)63-57-56(42-32-47-48(34-51(42)66-57)61(9,10)27-26-60(47,7)8)65(50)37-21-22-45-46(31-37)59(5,6)25-24-58(45,3)4/h15-16,18-23,28-34,63-64H,13-14,17,24-27H2,1-12H3. The molecule has 1 aliphatic heterocycles. The predicted octanol–water partition coefficient (Wildman–Crippen LogP) is 16.0. The number of nitrogens with one attached hydrogen (secondary N) is 1. The fraction of sp³-hybridized carbons (Fsp3) is 0.387. The lowest BCUT2D eigenvalue weighted by Crippen LogP contribution is -2.41. The normalized spacial score (nSPS) is 18.9. The Morgan fingerprint density at radius 2 is 1.30 bits per heavy atom. The Kier molecular flexibility index (Phi) is 8.98. The van der Waals surface area contributed by atoms with Gasteiger partial charge in [0.15, 0.2) is 0 Å². The molecule has 334 valence electrons. The molecule has 2 nitrogen and oxygen atoms in total. The van der Waals surface area contributed by atoms with Gasteiger partial charge in [0.05, 0.1) is 11.2 Å². The molecule has 0 bridgehead atoms. The highest BCUT2D eigenvalue weighted by molar-refractivity contribution is 7.29. The largest absolute Gasteiger partial charge is 0.354 e. The van der Waals surface area contributed by atoms with Crippen LogP contribution in [-0.4, -0.2) is 12.3 Å². The molecular formula is C62H67BN2S. The zero-order valence-corrected chi connectivity index (χ0v) is 42.5. The van der Waals surface area contributed by atoms with E-state index in [1.165, 1.54) is 159 Å². The fourth-order valence-corrected chi connectivity index (χ4v) is 14.6. The van der Waals surface area contributed by atoms with E-state index in [2.05, 4.69) is 195 Å². The summed E-state index contributed by atoms with van der Waals surface area (Å²) >= 11 is 2.06. The molecule has 2 aromatic heterocycles. The summed E-state index contributed by atoms with van der Waals surface area (Å²) in [6.07, 6.45) is 8.24. The Balaban J connectivity index is 1.23. The average Bonchev–Trinajstić information content (AvgIpc) is 3.90. The van der Waals surface area contributed by atoms with Crippen LogP contribution in [0.5, 0.6) is 0 Å². The topological polar surface area (TPSA) is 19.0 Å². The van der Waals surface area contributed by atoms with Crippen molar-refractivity contribution in [3.8, 4) is 22.3 Å². The van der Waals surface area contributed by atoms with Gasteiger partial charge in [-0.3, -0.25) is 0 Å². The maximum absolute atomic E-state index is 4.07. The predicted molar refractivity (Wildman–Crippen MR) is 289 cm³/mol. The van der Waals surface area contributed by atoms with Crippen LogP contribution in [0.2, 0.25) is 0 Å². The zero-order chi connectivity index (χ0) is 46.0. The van der Waals surface area contributed by atoms with Crippen LogP contribution in [0.3, 0.4) is 0 Å². The summed E-state index contributed by atoms with van der Waals surface area (Å²) in [7, 11) is 0.899. The third kappa shape index (κ3) is 5.98. The molecule has 6 aromatic carbocycles. The van der Waals surface area contributed by atoms with E-state index in [4.69, 9.17) is 0 Å². The van der Waals surface area contributed by atoms with Crippen molar-refractivity contribution in [1.29, 1.82) is 0 Å². The highest BCUT2D eigenvalue weighted by Gasteiger charge is 2.45. The summed E-state index contributed by atoms with van der Waals surface area (Å²) in [5.74, 6) is 0. The first kappa shape index (κ1) is 42.3. The fourth-order valence-electron chi connectivity index (χ4n) is 13.4. The number of hydrogen-bond acceptors (Lipinski definition) is 2. The highest BCUT2D eigenvalue weighted by atomic mass is 32.1. The third-order valence-electron chi connectivity index (χ3n) is 17.5. The highest BCUT2D eigenvalue weighted by Crippen LogP contribution is 2.57. The van der Waals surface area contributed by atoms with Crippen molar-refractivity contribution in [2.45, 2.75) is 155 Å². The van der Waals surface area contributed by atoms with Crippen molar-refractivity contribution in [2.75, 3.05) is 4.90 Å². The Bertz CT molecular complexity index is 3380. The number of aryl methyl sites for hydroxylation is 2. The number of benzene rings is 6. The number of rotatable bonds is 5. The molecule has 3 aliphatic carbocycles. The molecule has 0 saturated heterocycles. The number of aromatic nitrogens is 1. The van der Waals surface area contributed by atoms with E-state index in [0.717, 1.165) is 13.7 Å². The molecule has 0 radical (unpaired) electrons. The molecule has 0 saturated carbocycles. The molecule has 0 unspecified atom stereocenters. The lowest BCUT2D eigenvalue weighted by molar-refractivity contribution is 0.332. The minimum atomic E-state index is -0.201. The van der Waals surface area contributed by atoms with Gasteiger partial charge in [-0.05, 0) is 188 Å². The number of anilines is 3. The smallest absolute Gasteiger partial charge is 0.211 e. The molecule has 4 aliphatic rings. The molecule has 0 amide bonds. The second-order valence-electron chi connectivity index (χ2n) is 24.2. The van der Waals surface area contributed by atoms with E-state index < -0.39 is 0 Å². The third-order valence-corrected chi connectivity index (χ3v) is 18.7. The number of nitrogens with zero attached hydrogens (tertiary/aromatic N) is 1. The molecule has 3 heterocycles. The maximum Gasteiger partial charge on any atom is 0.211 e. The summed E-state index contributed by atoms with van der Waals surface area (Å²) in [5.41, 5.74) is 25.5. The van der Waals surface area contributed by atoms with E-state index in [0.29, 0.717) is 0 Å². The van der Waals surface area contributed by atoms with E-state index in [-0.39, 0.29) is 27.1 Å². The average molecular weight is 883 g/mol. The van der Waals surface area contributed by atoms with Crippen LogP contribution in [0.15, 0.2) is 91.0 Å². The number of hydrogen-bond donors (Lipinski definition) is 1. The summed E-state index contributed by atoms with van der Waals surface area (Å²) in [6.45, 7) is 29.4. The number of H-pyrrole nitrogens is 1. The SMILES string of the molecule is CCCCc1cc(-c2c3c(cc4c2C(C)(C)c2ccccc2-4)N(c2ccc4c(c2)C(C)(C)CCC4(C)C)c2c(sc4cc5c(cc24)C(C)(C)CCC5(C)C)B3)c2[nH]c3ccc(C)cc3c2c1. The van der Waals surface area contributed by atoms with Gasteiger partial charge in [-0.15, -0.1) is 11.3 Å². The number of unbranched alkanes of at least 4 members (excludes halogenated alkanes) is 1. The van der Waals surface area contributed by atoms with Gasteiger partial charge in [-0.25, -0.2) is 0 Å². The van der Waals surface area contributed by atoms with Crippen molar-refractivity contribution in [3.63, 3.8) is 0 Å². The minimum Gasteiger partial charge on any atom is -0.354 e. The Morgan fingerprint density at radius 1 is 0.621 bits per heavy atom. The second-order valence-corrected chi connectivity index (χ2v) is 25.4. The van der Waals surface area contributed by atoms with Gasteiger partial charge in [0.1, 0.15) is 0 Å². The van der Waals surface area contributed by atoms with E-state index in [1.54, 1.807) is 5.56 Å². The van der Waals surface area contributed by atoms with E-state index in [1.807, 2.05) is 0 Å². The van der Waals surface area contributed by atoms with Crippen molar-refractivity contribution in [3.05, 3.63) is 136 Å². The van der Waals surface area contributed by atoms with Crippen LogP contribution in [-0.2, 0) is 33.5 Å². The quantitative estimate of drug-likeness (QED) is 0.171. The Hall–Kier alpha value is -5.06. The summed E-state index contributed by atoms with van der Waals surface area (Å²) in [4.78, 5) is 6.84. The number of aromatic amines is 1. The van der Waals surface area contributed by atoms with Gasteiger partial charge in [-0.1, -0.05) is 125 Å². The van der Waals surface area contributed by atoms with E-state index >= 15 is 0 Å². The monoisotopic (exact) mass is 883 g/mol. The van der Waals surface area contributed by atoms with Crippen LogP contribution in [0, 0.1) is 6.92 Å². The van der Waals surface area contributed by atoms with Gasteiger partial charge in [0.25, 0.3) is 0 Å². The Morgan fingerprint density at radius 3 is 2.03 bits per heavy atom. The molecule has 0 fully saturated rings. The van der Waals surface area contributed by atoms with Gasteiger partial charge >= 0.3 is 0 Å². The molecule has 8 aromatic rings. The number of thiophene rings is 1. The number of fused-ring (bicyclic) bond motifs is 12. The molecule has 12 rings (SSSR count). The van der Waals surface area contributed by atoms with Crippen molar-refractivity contribution >= 4 is 77.8 Å². The van der Waals surface area contributed by atoms with Crippen molar-refractivity contribution in [2.24, 2.45) is 0 Å².